The van der Waals surface area contributed by atoms with Gasteiger partial charge in [-0.25, -0.2) is 4.98 Å². The van der Waals surface area contributed by atoms with E-state index in [2.05, 4.69) is 10.3 Å². The minimum absolute atomic E-state index is 0.123. The van der Waals surface area contributed by atoms with Gasteiger partial charge in [-0.2, -0.15) is 0 Å². The van der Waals surface area contributed by atoms with Gasteiger partial charge in [-0.1, -0.05) is 41.9 Å². The van der Waals surface area contributed by atoms with E-state index in [0.717, 1.165) is 16.8 Å². The van der Waals surface area contributed by atoms with Crippen molar-refractivity contribution in [2.45, 2.75) is 25.3 Å². The number of piperidine rings is 1. The first-order valence-electron chi connectivity index (χ1n) is 10.1. The van der Waals surface area contributed by atoms with E-state index in [4.69, 9.17) is 11.6 Å². The molecule has 0 radical (unpaired) electrons. The van der Waals surface area contributed by atoms with Crippen LogP contribution in [0.3, 0.4) is 0 Å². The van der Waals surface area contributed by atoms with E-state index < -0.39 is 5.92 Å². The van der Waals surface area contributed by atoms with Crippen LogP contribution >= 0.6 is 11.6 Å². The fourth-order valence-electron chi connectivity index (χ4n) is 4.22. The summed E-state index contributed by atoms with van der Waals surface area (Å²) >= 11 is 6.69. The molecule has 0 bridgehead atoms. The number of hydrogen-bond donors (Lipinski definition) is 1. The second kappa shape index (κ2) is 7.67. The summed E-state index contributed by atoms with van der Waals surface area (Å²) in [6, 6.07) is 13.2. The summed E-state index contributed by atoms with van der Waals surface area (Å²) in [6.45, 7) is 1.27. The summed E-state index contributed by atoms with van der Waals surface area (Å²) in [5, 5.41) is 2.89. The molecule has 31 heavy (non-hydrogen) atoms. The zero-order valence-electron chi connectivity index (χ0n) is 16.5. The van der Waals surface area contributed by atoms with Gasteiger partial charge in [0.05, 0.1) is 10.9 Å². The molecule has 2 aliphatic heterocycles. The first kappa shape index (κ1) is 19.5. The number of nitrogens with zero attached hydrogens (tertiary/aromatic N) is 3. The minimum atomic E-state index is -0.445. The number of nitrogens with one attached hydrogen (secondary N) is 1. The Bertz CT molecular complexity index is 1200. The maximum Gasteiger partial charge on any atom is 0.294 e. The maximum absolute atomic E-state index is 12.7. The van der Waals surface area contributed by atoms with Crippen molar-refractivity contribution in [2.75, 3.05) is 11.4 Å². The lowest BCUT2D eigenvalue weighted by Crippen LogP contribution is -2.40. The van der Waals surface area contributed by atoms with Gasteiger partial charge in [0.15, 0.2) is 5.82 Å². The molecular weight excluding hydrogens is 416 g/mol. The number of fused-ring (bicyclic) bond motifs is 1. The van der Waals surface area contributed by atoms with Gasteiger partial charge in [0.1, 0.15) is 0 Å². The molecule has 3 heterocycles. The normalized spacial score (nSPS) is 18.7. The van der Waals surface area contributed by atoms with Crippen LogP contribution in [0, 0.1) is 0 Å². The van der Waals surface area contributed by atoms with E-state index in [-0.39, 0.29) is 17.7 Å². The van der Waals surface area contributed by atoms with Crippen LogP contribution in [0.1, 0.15) is 34.9 Å². The number of benzene rings is 2. The number of imide groups is 1. The second-order valence-corrected chi connectivity index (χ2v) is 8.04. The van der Waals surface area contributed by atoms with Gasteiger partial charge in [-0.15, -0.1) is 0 Å². The van der Waals surface area contributed by atoms with Crippen molar-refractivity contribution in [3.05, 3.63) is 71.3 Å². The molecule has 8 heteroatoms. The number of amides is 3. The quantitative estimate of drug-likeness (QED) is 0.640. The molecule has 3 aromatic rings. The molecule has 156 valence electrons. The molecule has 7 nitrogen and oxygen atoms in total. The number of halogens is 1. The number of carbonyl (C=O) groups excluding carboxylic acids is 3. The smallest absolute Gasteiger partial charge is 0.294 e. The molecule has 3 amide bonds. The van der Waals surface area contributed by atoms with E-state index in [1.165, 1.54) is 0 Å². The van der Waals surface area contributed by atoms with Gasteiger partial charge in [0, 0.05) is 43.2 Å². The zero-order chi connectivity index (χ0) is 21.5. The third-order valence-electron chi connectivity index (χ3n) is 5.85. The molecule has 1 saturated heterocycles. The highest BCUT2D eigenvalue weighted by atomic mass is 35.5. The van der Waals surface area contributed by atoms with Crippen LogP contribution in [0.2, 0.25) is 5.02 Å². The van der Waals surface area contributed by atoms with Crippen molar-refractivity contribution in [3.63, 3.8) is 0 Å². The van der Waals surface area contributed by atoms with Crippen molar-refractivity contribution < 1.29 is 14.4 Å². The number of hydrogen-bond acceptors (Lipinski definition) is 4. The van der Waals surface area contributed by atoms with Crippen LogP contribution < -0.4 is 10.2 Å². The standard InChI is InChI=1S/C23H19ClN4O3/c24-20-16(2-1-3-17(20)18-8-9-19(29)26-22(18)30)14-4-6-15(7-5-14)28-13-12-27-11-10-25-21(27)23(28)31/h1-7,10-11,18H,8-9,12-13H2,(H,26,29,30). The number of imidazole rings is 1. The molecule has 2 aliphatic rings. The molecule has 0 spiro atoms. The molecule has 0 aliphatic carbocycles. The van der Waals surface area contributed by atoms with Crippen LogP contribution in [0.4, 0.5) is 5.69 Å². The van der Waals surface area contributed by atoms with Gasteiger partial charge in [-0.05, 0) is 29.7 Å². The average Bonchev–Trinajstić information content (AvgIpc) is 3.25. The lowest BCUT2D eigenvalue weighted by Gasteiger charge is -2.27. The Kier molecular flexibility index (Phi) is 4.82. The highest BCUT2D eigenvalue weighted by Crippen LogP contribution is 2.37. The topological polar surface area (TPSA) is 84.3 Å². The van der Waals surface area contributed by atoms with E-state index >= 15 is 0 Å². The zero-order valence-corrected chi connectivity index (χ0v) is 17.3. The fraction of sp³-hybridized carbons (Fsp3) is 0.217. The first-order chi connectivity index (χ1) is 15.0. The molecular formula is C23H19ClN4O3. The van der Waals surface area contributed by atoms with Crippen molar-refractivity contribution in [1.29, 1.82) is 0 Å². The Labute approximate surface area is 183 Å². The number of aromatic nitrogens is 2. The van der Waals surface area contributed by atoms with Gasteiger partial charge in [0.25, 0.3) is 5.91 Å². The van der Waals surface area contributed by atoms with Gasteiger partial charge >= 0.3 is 0 Å². The Morgan fingerprint density at radius 2 is 1.84 bits per heavy atom. The number of carbonyl (C=O) groups is 3. The summed E-state index contributed by atoms with van der Waals surface area (Å²) in [6.07, 6.45) is 4.19. The Balaban J connectivity index is 1.42. The summed E-state index contributed by atoms with van der Waals surface area (Å²) in [5.74, 6) is -0.692. The van der Waals surface area contributed by atoms with E-state index in [1.807, 2.05) is 53.2 Å². The number of anilines is 1. The summed E-state index contributed by atoms with van der Waals surface area (Å²) in [5.41, 5.74) is 3.19. The minimum Gasteiger partial charge on any atom is -0.325 e. The van der Waals surface area contributed by atoms with Gasteiger partial charge in [0.2, 0.25) is 11.8 Å². The molecule has 1 aromatic heterocycles. The predicted molar refractivity (Wildman–Crippen MR) is 116 cm³/mol. The van der Waals surface area contributed by atoms with Crippen molar-refractivity contribution in [3.8, 4) is 11.1 Å². The maximum atomic E-state index is 12.7. The predicted octanol–water partition coefficient (Wildman–Crippen LogP) is 3.38. The second-order valence-electron chi connectivity index (χ2n) is 7.66. The first-order valence-corrected chi connectivity index (χ1v) is 10.5. The molecule has 1 atom stereocenters. The molecule has 2 aromatic carbocycles. The van der Waals surface area contributed by atoms with E-state index in [9.17, 15) is 14.4 Å². The molecule has 1 unspecified atom stereocenters. The van der Waals surface area contributed by atoms with Crippen molar-refractivity contribution in [2.24, 2.45) is 0 Å². The van der Waals surface area contributed by atoms with E-state index in [0.29, 0.717) is 42.3 Å². The van der Waals surface area contributed by atoms with Crippen LogP contribution in [-0.4, -0.2) is 33.8 Å². The SMILES string of the molecule is O=C1CCC(c2cccc(-c3ccc(N4CCn5ccnc5C4=O)cc3)c2Cl)C(=O)N1. The number of rotatable bonds is 3. The Hall–Kier alpha value is -3.45. The molecule has 0 saturated carbocycles. The van der Waals surface area contributed by atoms with Crippen LogP contribution in [-0.2, 0) is 16.1 Å². The Morgan fingerprint density at radius 1 is 1.03 bits per heavy atom. The van der Waals surface area contributed by atoms with Gasteiger partial charge in [-0.3, -0.25) is 19.7 Å². The molecule has 1 fully saturated rings. The van der Waals surface area contributed by atoms with Crippen LogP contribution in [0.15, 0.2) is 54.9 Å². The summed E-state index contributed by atoms with van der Waals surface area (Å²) in [7, 11) is 0. The van der Waals surface area contributed by atoms with Crippen molar-refractivity contribution in [1.82, 2.24) is 14.9 Å². The average molecular weight is 435 g/mol. The van der Waals surface area contributed by atoms with Crippen LogP contribution in [0.5, 0.6) is 0 Å². The highest BCUT2D eigenvalue weighted by Gasteiger charge is 2.30. The third kappa shape index (κ3) is 3.41. The van der Waals surface area contributed by atoms with Gasteiger partial charge < -0.3 is 9.47 Å². The molecule has 1 N–H and O–H groups in total. The van der Waals surface area contributed by atoms with E-state index in [1.54, 1.807) is 11.1 Å². The lowest BCUT2D eigenvalue weighted by molar-refractivity contribution is -0.134. The van der Waals surface area contributed by atoms with Crippen LogP contribution in [0.25, 0.3) is 11.1 Å². The third-order valence-corrected chi connectivity index (χ3v) is 6.27. The lowest BCUT2D eigenvalue weighted by atomic mass is 9.88. The molecule has 5 rings (SSSR count). The highest BCUT2D eigenvalue weighted by molar-refractivity contribution is 6.34. The fourth-order valence-corrected chi connectivity index (χ4v) is 4.58. The summed E-state index contributed by atoms with van der Waals surface area (Å²) < 4.78 is 1.85. The Morgan fingerprint density at radius 3 is 2.61 bits per heavy atom. The summed E-state index contributed by atoms with van der Waals surface area (Å²) in [4.78, 5) is 42.3. The largest absolute Gasteiger partial charge is 0.325 e. The van der Waals surface area contributed by atoms with Crippen molar-refractivity contribution >= 4 is 35.0 Å². The monoisotopic (exact) mass is 434 g/mol.